The second-order valence-corrected chi connectivity index (χ2v) is 5.30. The van der Waals surface area contributed by atoms with E-state index in [9.17, 15) is 8.42 Å². The van der Waals surface area contributed by atoms with Gasteiger partial charge in [0.05, 0.1) is 14.2 Å². The van der Waals surface area contributed by atoms with Gasteiger partial charge in [-0.05, 0) is 19.1 Å². The normalized spacial score (nSPS) is 11.1. The van der Waals surface area contributed by atoms with Crippen LogP contribution in [0.5, 0.6) is 11.5 Å². The molecule has 0 amide bonds. The van der Waals surface area contributed by atoms with Gasteiger partial charge in [-0.15, -0.1) is 6.58 Å². The molecule has 0 aliphatic heterocycles. The van der Waals surface area contributed by atoms with Crippen molar-refractivity contribution in [3.05, 3.63) is 30.4 Å². The van der Waals surface area contributed by atoms with E-state index in [2.05, 4.69) is 11.3 Å². The van der Waals surface area contributed by atoms with Gasteiger partial charge in [0.1, 0.15) is 16.4 Å². The van der Waals surface area contributed by atoms with Crippen molar-refractivity contribution in [3.63, 3.8) is 0 Å². The van der Waals surface area contributed by atoms with Crippen molar-refractivity contribution in [3.8, 4) is 11.5 Å². The summed E-state index contributed by atoms with van der Waals surface area (Å²) in [6, 6.07) is 3.05. The lowest BCUT2D eigenvalue weighted by Gasteiger charge is -2.14. The molecule has 0 aliphatic rings. The second kappa shape index (κ2) is 5.88. The Hall–Kier alpha value is -1.53. The molecule has 18 heavy (non-hydrogen) atoms. The van der Waals surface area contributed by atoms with Crippen LogP contribution in [0.3, 0.4) is 0 Å². The fraction of sp³-hybridized carbons (Fsp3) is 0.333. The van der Waals surface area contributed by atoms with Crippen LogP contribution in [-0.2, 0) is 10.0 Å². The lowest BCUT2D eigenvalue weighted by molar-refractivity contribution is 0.380. The van der Waals surface area contributed by atoms with E-state index in [1.54, 1.807) is 13.0 Å². The number of hydrogen-bond acceptors (Lipinski definition) is 4. The van der Waals surface area contributed by atoms with Crippen LogP contribution >= 0.6 is 0 Å². The molecular formula is C12H17NO4S. The third kappa shape index (κ3) is 2.83. The fourth-order valence-electron chi connectivity index (χ4n) is 1.58. The molecule has 0 atom stereocenters. The summed E-state index contributed by atoms with van der Waals surface area (Å²) in [4.78, 5) is 0.0881. The maximum absolute atomic E-state index is 12.0. The van der Waals surface area contributed by atoms with Crippen LogP contribution in [0.15, 0.2) is 29.7 Å². The molecule has 6 heteroatoms. The SMILES string of the molecule is C=CCNS(=O)(=O)c1ccc(OC)c(C)c1OC. The first-order valence-electron chi connectivity index (χ1n) is 5.30. The Bertz CT molecular complexity index is 537. The quantitative estimate of drug-likeness (QED) is 0.796. The number of methoxy groups -OCH3 is 2. The number of hydrogen-bond donors (Lipinski definition) is 1. The molecule has 0 bridgehead atoms. The van der Waals surface area contributed by atoms with Crippen molar-refractivity contribution in [1.29, 1.82) is 0 Å². The lowest BCUT2D eigenvalue weighted by atomic mass is 10.2. The minimum Gasteiger partial charge on any atom is -0.496 e. The zero-order chi connectivity index (χ0) is 13.8. The predicted molar refractivity (Wildman–Crippen MR) is 69.7 cm³/mol. The topological polar surface area (TPSA) is 64.6 Å². The summed E-state index contributed by atoms with van der Waals surface area (Å²) in [7, 11) is -0.670. The molecule has 0 saturated carbocycles. The van der Waals surface area contributed by atoms with Gasteiger partial charge in [0, 0.05) is 12.1 Å². The van der Waals surface area contributed by atoms with Crippen molar-refractivity contribution in [2.75, 3.05) is 20.8 Å². The highest BCUT2D eigenvalue weighted by molar-refractivity contribution is 7.89. The second-order valence-electron chi connectivity index (χ2n) is 3.56. The van der Waals surface area contributed by atoms with Crippen LogP contribution in [0, 0.1) is 6.92 Å². The Labute approximate surface area is 107 Å². The molecule has 0 aliphatic carbocycles. The molecule has 1 N–H and O–H groups in total. The van der Waals surface area contributed by atoms with Crippen LogP contribution in [0.1, 0.15) is 5.56 Å². The Balaban J connectivity index is 3.33. The van der Waals surface area contributed by atoms with Gasteiger partial charge >= 0.3 is 0 Å². The van der Waals surface area contributed by atoms with Gasteiger partial charge < -0.3 is 9.47 Å². The summed E-state index contributed by atoms with van der Waals surface area (Å²) in [5, 5.41) is 0. The fourth-order valence-corrected chi connectivity index (χ4v) is 2.80. The maximum atomic E-state index is 12.0. The van der Waals surface area contributed by atoms with Crippen LogP contribution < -0.4 is 14.2 Å². The Kier molecular flexibility index (Phi) is 4.75. The van der Waals surface area contributed by atoms with Crippen molar-refractivity contribution in [1.82, 2.24) is 4.72 Å². The summed E-state index contributed by atoms with van der Waals surface area (Å²) in [6.07, 6.45) is 1.47. The van der Waals surface area contributed by atoms with Crippen molar-refractivity contribution in [2.24, 2.45) is 0 Å². The molecule has 0 fully saturated rings. The van der Waals surface area contributed by atoms with E-state index in [1.807, 2.05) is 0 Å². The highest BCUT2D eigenvalue weighted by Crippen LogP contribution is 2.33. The van der Waals surface area contributed by atoms with Gasteiger partial charge in [-0.3, -0.25) is 0 Å². The smallest absolute Gasteiger partial charge is 0.244 e. The average Bonchev–Trinajstić information content (AvgIpc) is 2.36. The molecule has 0 spiro atoms. The van der Waals surface area contributed by atoms with E-state index < -0.39 is 10.0 Å². The molecule has 0 aromatic heterocycles. The summed E-state index contributed by atoms with van der Waals surface area (Å²) in [5.74, 6) is 0.862. The van der Waals surface area contributed by atoms with Gasteiger partial charge in [-0.2, -0.15) is 0 Å². The third-order valence-electron chi connectivity index (χ3n) is 2.45. The highest BCUT2D eigenvalue weighted by atomic mass is 32.2. The predicted octanol–water partition coefficient (Wildman–Crippen LogP) is 1.48. The molecule has 0 unspecified atom stereocenters. The van der Waals surface area contributed by atoms with Crippen LogP contribution in [0.2, 0.25) is 0 Å². The van der Waals surface area contributed by atoms with Gasteiger partial charge in [0.25, 0.3) is 0 Å². The first-order chi connectivity index (χ1) is 8.47. The van der Waals surface area contributed by atoms with E-state index >= 15 is 0 Å². The number of ether oxygens (including phenoxy) is 2. The Morgan fingerprint density at radius 2 is 2.00 bits per heavy atom. The zero-order valence-corrected chi connectivity index (χ0v) is 11.5. The number of nitrogens with one attached hydrogen (secondary N) is 1. The number of rotatable bonds is 6. The number of sulfonamides is 1. The van der Waals surface area contributed by atoms with Crippen LogP contribution in [-0.4, -0.2) is 29.2 Å². The van der Waals surface area contributed by atoms with Gasteiger partial charge in [0.2, 0.25) is 10.0 Å². The first kappa shape index (κ1) is 14.5. The van der Waals surface area contributed by atoms with Gasteiger partial charge in [-0.25, -0.2) is 13.1 Å². The molecule has 0 heterocycles. The van der Waals surface area contributed by atoms with E-state index in [-0.39, 0.29) is 17.2 Å². The van der Waals surface area contributed by atoms with E-state index in [0.29, 0.717) is 11.3 Å². The summed E-state index contributed by atoms with van der Waals surface area (Å²) in [5.41, 5.74) is 0.640. The minimum absolute atomic E-state index is 0.0881. The standard InChI is InChI=1S/C12H17NO4S/c1-5-8-13-18(14,15)11-7-6-10(16-3)9(2)12(11)17-4/h5-7,13H,1,8H2,2-4H3. The first-order valence-corrected chi connectivity index (χ1v) is 6.78. The molecule has 5 nitrogen and oxygen atoms in total. The van der Waals surface area contributed by atoms with Gasteiger partial charge in [-0.1, -0.05) is 6.08 Å². The van der Waals surface area contributed by atoms with Crippen molar-refractivity contribution < 1.29 is 17.9 Å². The minimum atomic E-state index is -3.61. The average molecular weight is 271 g/mol. The molecule has 1 aromatic rings. The van der Waals surface area contributed by atoms with Crippen LogP contribution in [0.4, 0.5) is 0 Å². The van der Waals surface area contributed by atoms with E-state index in [0.717, 1.165) is 0 Å². The molecule has 1 aromatic carbocycles. The molecule has 0 saturated heterocycles. The van der Waals surface area contributed by atoms with Crippen LogP contribution in [0.25, 0.3) is 0 Å². The Morgan fingerprint density at radius 1 is 1.33 bits per heavy atom. The molecule has 100 valence electrons. The van der Waals surface area contributed by atoms with E-state index in [1.165, 1.54) is 26.4 Å². The molecule has 0 radical (unpaired) electrons. The zero-order valence-electron chi connectivity index (χ0n) is 10.7. The summed E-state index contributed by atoms with van der Waals surface area (Å²) < 4.78 is 36.8. The maximum Gasteiger partial charge on any atom is 0.244 e. The van der Waals surface area contributed by atoms with E-state index in [4.69, 9.17) is 9.47 Å². The summed E-state index contributed by atoms with van der Waals surface area (Å²) in [6.45, 7) is 5.37. The van der Waals surface area contributed by atoms with Gasteiger partial charge in [0.15, 0.2) is 0 Å². The third-order valence-corrected chi connectivity index (χ3v) is 3.90. The molecular weight excluding hydrogens is 254 g/mol. The monoisotopic (exact) mass is 271 g/mol. The van der Waals surface area contributed by atoms with Crippen molar-refractivity contribution in [2.45, 2.75) is 11.8 Å². The largest absolute Gasteiger partial charge is 0.496 e. The Morgan fingerprint density at radius 3 is 2.50 bits per heavy atom. The molecule has 1 rings (SSSR count). The lowest BCUT2D eigenvalue weighted by Crippen LogP contribution is -2.24. The highest BCUT2D eigenvalue weighted by Gasteiger charge is 2.21. The number of benzene rings is 1. The summed E-state index contributed by atoms with van der Waals surface area (Å²) >= 11 is 0. The van der Waals surface area contributed by atoms with Crippen molar-refractivity contribution >= 4 is 10.0 Å².